The fourth-order valence-electron chi connectivity index (χ4n) is 4.62. The topological polar surface area (TPSA) is 76.8 Å². The first-order valence-corrected chi connectivity index (χ1v) is 11.8. The molecule has 4 rings (SSSR count). The molecule has 0 saturated carbocycles. The van der Waals surface area contributed by atoms with E-state index in [4.69, 9.17) is 21.1 Å². The lowest BCUT2D eigenvalue weighted by Gasteiger charge is -2.31. The zero-order valence-corrected chi connectivity index (χ0v) is 19.8. The van der Waals surface area contributed by atoms with E-state index >= 15 is 0 Å². The van der Waals surface area contributed by atoms with Gasteiger partial charge in [0, 0.05) is 36.0 Å². The molecule has 0 radical (unpaired) electrons. The Balaban J connectivity index is 1.37. The predicted octanol–water partition coefficient (Wildman–Crippen LogP) is 5.20. The van der Waals surface area contributed by atoms with E-state index in [0.29, 0.717) is 29.9 Å². The van der Waals surface area contributed by atoms with E-state index in [2.05, 4.69) is 33.6 Å². The van der Waals surface area contributed by atoms with E-state index < -0.39 is 5.97 Å². The number of carbonyl (C=O) groups is 1. The van der Waals surface area contributed by atoms with Crippen LogP contribution in [0.3, 0.4) is 0 Å². The highest BCUT2D eigenvalue weighted by Crippen LogP contribution is 2.35. The molecule has 3 aromatic rings. The average molecular weight is 472 g/mol. The Labute approximate surface area is 198 Å². The smallest absolute Gasteiger partial charge is 0.339 e. The van der Waals surface area contributed by atoms with Gasteiger partial charge in [0.1, 0.15) is 24.1 Å². The molecular formula is C25H30ClN3O4. The quantitative estimate of drug-likeness (QED) is 0.462. The molecule has 0 aliphatic carbocycles. The summed E-state index contributed by atoms with van der Waals surface area (Å²) in [6, 6.07) is 6.70. The molecule has 1 N–H and O–H groups in total. The molecule has 1 aliphatic heterocycles. The predicted molar refractivity (Wildman–Crippen MR) is 128 cm³/mol. The Morgan fingerprint density at radius 1 is 1.30 bits per heavy atom. The molecule has 1 saturated heterocycles. The SMILES string of the molecule is CCOC(C)n1cc(C2CCN(CCOc3cc(Cl)ccc3C(=O)O)CC2)c2ccncc21. The Morgan fingerprint density at radius 2 is 2.09 bits per heavy atom. The maximum Gasteiger partial charge on any atom is 0.339 e. The number of halogens is 1. The summed E-state index contributed by atoms with van der Waals surface area (Å²) >= 11 is 6.01. The number of rotatable bonds is 9. The first-order chi connectivity index (χ1) is 16.0. The molecule has 1 aliphatic rings. The number of fused-ring (bicyclic) bond motifs is 1. The van der Waals surface area contributed by atoms with Gasteiger partial charge in [0.2, 0.25) is 0 Å². The van der Waals surface area contributed by atoms with E-state index in [9.17, 15) is 9.90 Å². The van der Waals surface area contributed by atoms with E-state index in [-0.39, 0.29) is 11.8 Å². The van der Waals surface area contributed by atoms with Crippen LogP contribution in [0.15, 0.2) is 42.9 Å². The number of ether oxygens (including phenoxy) is 2. The third-order valence-corrected chi connectivity index (χ3v) is 6.57. The molecule has 1 fully saturated rings. The second-order valence-corrected chi connectivity index (χ2v) is 8.79. The molecule has 0 spiro atoms. The van der Waals surface area contributed by atoms with Crippen LogP contribution < -0.4 is 4.74 Å². The van der Waals surface area contributed by atoms with Crippen LogP contribution in [0.4, 0.5) is 0 Å². The molecular weight excluding hydrogens is 442 g/mol. The second-order valence-electron chi connectivity index (χ2n) is 8.35. The molecule has 1 atom stereocenters. The van der Waals surface area contributed by atoms with E-state index in [1.807, 2.05) is 19.3 Å². The molecule has 176 valence electrons. The third-order valence-electron chi connectivity index (χ3n) is 6.33. The minimum atomic E-state index is -1.02. The summed E-state index contributed by atoms with van der Waals surface area (Å²) in [7, 11) is 0. The van der Waals surface area contributed by atoms with Gasteiger partial charge < -0.3 is 19.1 Å². The summed E-state index contributed by atoms with van der Waals surface area (Å²) < 4.78 is 13.8. The van der Waals surface area contributed by atoms with Crippen molar-refractivity contribution in [1.82, 2.24) is 14.5 Å². The van der Waals surface area contributed by atoms with Crippen LogP contribution in [0, 0.1) is 0 Å². The monoisotopic (exact) mass is 471 g/mol. The fourth-order valence-corrected chi connectivity index (χ4v) is 4.78. The number of piperidine rings is 1. The molecule has 0 bridgehead atoms. The number of hydrogen-bond donors (Lipinski definition) is 1. The Morgan fingerprint density at radius 3 is 2.82 bits per heavy atom. The number of hydrogen-bond acceptors (Lipinski definition) is 5. The van der Waals surface area contributed by atoms with Crippen LogP contribution in [-0.2, 0) is 4.74 Å². The van der Waals surface area contributed by atoms with Gasteiger partial charge in [-0.3, -0.25) is 9.88 Å². The van der Waals surface area contributed by atoms with Crippen molar-refractivity contribution in [2.45, 2.75) is 38.8 Å². The van der Waals surface area contributed by atoms with Crippen LogP contribution in [0.2, 0.25) is 5.02 Å². The molecule has 0 amide bonds. The summed E-state index contributed by atoms with van der Waals surface area (Å²) in [5, 5.41) is 11.0. The molecule has 1 aromatic carbocycles. The third kappa shape index (κ3) is 5.32. The Kier molecular flexibility index (Phi) is 7.53. The lowest BCUT2D eigenvalue weighted by molar-refractivity contribution is 0.0278. The number of pyridine rings is 1. The van der Waals surface area contributed by atoms with E-state index in [0.717, 1.165) is 38.0 Å². The summed E-state index contributed by atoms with van der Waals surface area (Å²) in [5.74, 6) is -0.223. The number of nitrogens with zero attached hydrogens (tertiary/aromatic N) is 3. The first kappa shape index (κ1) is 23.5. The van der Waals surface area contributed by atoms with Gasteiger partial charge in [-0.05, 0) is 75.5 Å². The largest absolute Gasteiger partial charge is 0.491 e. The Hall–Kier alpha value is -2.61. The summed E-state index contributed by atoms with van der Waals surface area (Å²) in [5.41, 5.74) is 2.60. The van der Waals surface area contributed by atoms with E-state index in [1.165, 1.54) is 17.0 Å². The van der Waals surface area contributed by atoms with Gasteiger partial charge in [0.15, 0.2) is 0 Å². The van der Waals surface area contributed by atoms with Gasteiger partial charge in [0.05, 0.1) is 11.7 Å². The highest BCUT2D eigenvalue weighted by molar-refractivity contribution is 6.30. The summed E-state index contributed by atoms with van der Waals surface area (Å²) in [6.45, 7) is 7.84. The number of carboxylic acids is 1. The number of likely N-dealkylation sites (tertiary alicyclic amines) is 1. The minimum absolute atomic E-state index is 0.0325. The molecule has 33 heavy (non-hydrogen) atoms. The normalized spacial score (nSPS) is 16.2. The zero-order chi connectivity index (χ0) is 23.4. The maximum atomic E-state index is 11.4. The number of aromatic carboxylic acids is 1. The zero-order valence-electron chi connectivity index (χ0n) is 19.0. The minimum Gasteiger partial charge on any atom is -0.491 e. The van der Waals surface area contributed by atoms with Gasteiger partial charge in [-0.25, -0.2) is 4.79 Å². The van der Waals surface area contributed by atoms with Crippen molar-refractivity contribution in [3.05, 3.63) is 59.0 Å². The molecule has 7 nitrogen and oxygen atoms in total. The van der Waals surface area contributed by atoms with Crippen molar-refractivity contribution in [3.8, 4) is 5.75 Å². The van der Waals surface area contributed by atoms with Gasteiger partial charge in [0.25, 0.3) is 0 Å². The van der Waals surface area contributed by atoms with Crippen LogP contribution in [0.1, 0.15) is 54.8 Å². The average Bonchev–Trinajstić information content (AvgIpc) is 3.19. The van der Waals surface area contributed by atoms with Crippen molar-refractivity contribution < 1.29 is 19.4 Å². The summed E-state index contributed by atoms with van der Waals surface area (Å²) in [6.07, 6.45) is 8.10. The van der Waals surface area contributed by atoms with Crippen molar-refractivity contribution in [3.63, 3.8) is 0 Å². The van der Waals surface area contributed by atoms with Gasteiger partial charge in [-0.2, -0.15) is 0 Å². The van der Waals surface area contributed by atoms with Crippen molar-refractivity contribution >= 4 is 28.5 Å². The number of benzene rings is 1. The summed E-state index contributed by atoms with van der Waals surface area (Å²) in [4.78, 5) is 18.1. The van der Waals surface area contributed by atoms with Crippen molar-refractivity contribution in [2.24, 2.45) is 0 Å². The van der Waals surface area contributed by atoms with Gasteiger partial charge in [-0.1, -0.05) is 11.6 Å². The number of aromatic nitrogens is 2. The van der Waals surface area contributed by atoms with Crippen molar-refractivity contribution in [1.29, 1.82) is 0 Å². The van der Waals surface area contributed by atoms with Crippen LogP contribution in [0.25, 0.3) is 10.9 Å². The van der Waals surface area contributed by atoms with Crippen LogP contribution in [-0.4, -0.2) is 58.4 Å². The highest BCUT2D eigenvalue weighted by Gasteiger charge is 2.25. The standard InChI is InChI=1S/C25H30ClN3O4/c1-3-32-17(2)29-16-22(20-6-9-27-15-23(20)29)18-7-10-28(11-8-18)12-13-33-24-14-19(26)4-5-21(24)25(30)31/h4-6,9,14-18H,3,7-8,10-13H2,1-2H3,(H,30,31). The van der Waals surface area contributed by atoms with E-state index in [1.54, 1.807) is 12.1 Å². The molecule has 2 aromatic heterocycles. The first-order valence-electron chi connectivity index (χ1n) is 11.4. The van der Waals surface area contributed by atoms with Crippen molar-refractivity contribution in [2.75, 3.05) is 32.8 Å². The second kappa shape index (κ2) is 10.5. The maximum absolute atomic E-state index is 11.4. The Bertz CT molecular complexity index is 1110. The van der Waals surface area contributed by atoms with Crippen LogP contribution in [0.5, 0.6) is 5.75 Å². The van der Waals surface area contributed by atoms with Crippen LogP contribution >= 0.6 is 11.6 Å². The lowest BCUT2D eigenvalue weighted by atomic mass is 9.89. The molecule has 3 heterocycles. The van der Waals surface area contributed by atoms with Gasteiger partial charge in [-0.15, -0.1) is 0 Å². The highest BCUT2D eigenvalue weighted by atomic mass is 35.5. The number of carboxylic acid groups (broad SMARTS) is 1. The molecule has 1 unspecified atom stereocenters. The fraction of sp³-hybridized carbons (Fsp3) is 0.440. The lowest BCUT2D eigenvalue weighted by Crippen LogP contribution is -2.35. The molecule has 8 heteroatoms. The van der Waals surface area contributed by atoms with Gasteiger partial charge >= 0.3 is 5.97 Å².